The first-order valence-corrected chi connectivity index (χ1v) is 4.82. The summed E-state index contributed by atoms with van der Waals surface area (Å²) in [7, 11) is 1.37. The van der Waals surface area contributed by atoms with Crippen LogP contribution in [0.15, 0.2) is 12.1 Å². The third-order valence-corrected chi connectivity index (χ3v) is 2.20. The smallest absolute Gasteiger partial charge is 0.133 e. The molecule has 15 heavy (non-hydrogen) atoms. The topological polar surface area (TPSA) is 35.2 Å². The summed E-state index contributed by atoms with van der Waals surface area (Å²) in [6.07, 6.45) is 0.861. The molecular weight excluding hydrogens is 200 g/mol. The van der Waals surface area contributed by atoms with Gasteiger partial charge in [0.25, 0.3) is 0 Å². The van der Waals surface area contributed by atoms with Crippen molar-refractivity contribution in [3.63, 3.8) is 0 Å². The number of hydrogen-bond donors (Lipinski definition) is 1. The van der Waals surface area contributed by atoms with Crippen molar-refractivity contribution in [3.8, 4) is 5.75 Å². The van der Waals surface area contributed by atoms with E-state index < -0.39 is 11.6 Å². The van der Waals surface area contributed by atoms with E-state index in [0.717, 1.165) is 0 Å². The van der Waals surface area contributed by atoms with Crippen LogP contribution in [0.1, 0.15) is 18.9 Å². The quantitative estimate of drug-likeness (QED) is 0.836. The molecule has 0 spiro atoms. The fraction of sp³-hybridized carbons (Fsp3) is 0.455. The lowest BCUT2D eigenvalue weighted by atomic mass is 10.1. The molecule has 0 unspecified atom stereocenters. The maximum atomic E-state index is 13.4. The second-order valence-electron chi connectivity index (χ2n) is 3.59. The summed E-state index contributed by atoms with van der Waals surface area (Å²) in [6, 6.07) is 2.30. The van der Waals surface area contributed by atoms with Crippen LogP contribution in [0.4, 0.5) is 8.78 Å². The lowest BCUT2D eigenvalue weighted by Gasteiger charge is -2.09. The fourth-order valence-corrected chi connectivity index (χ4v) is 1.31. The fourth-order valence-electron chi connectivity index (χ4n) is 1.31. The molecule has 1 aromatic rings. The number of ether oxygens (including phenoxy) is 1. The highest BCUT2D eigenvalue weighted by molar-refractivity contribution is 5.30. The van der Waals surface area contributed by atoms with Gasteiger partial charge in [0.2, 0.25) is 0 Å². The molecule has 2 N–H and O–H groups in total. The van der Waals surface area contributed by atoms with Crippen molar-refractivity contribution in [3.05, 3.63) is 29.3 Å². The maximum absolute atomic E-state index is 13.4. The Morgan fingerprint density at radius 1 is 1.33 bits per heavy atom. The van der Waals surface area contributed by atoms with E-state index in [-0.39, 0.29) is 17.4 Å². The van der Waals surface area contributed by atoms with E-state index >= 15 is 0 Å². The molecule has 0 aliphatic carbocycles. The summed E-state index contributed by atoms with van der Waals surface area (Å²) in [5.41, 5.74) is 5.60. The number of halogens is 2. The van der Waals surface area contributed by atoms with Crippen LogP contribution in [0.3, 0.4) is 0 Å². The molecule has 84 valence electrons. The Morgan fingerprint density at radius 2 is 1.87 bits per heavy atom. The first-order chi connectivity index (χ1) is 7.04. The molecule has 2 nitrogen and oxygen atoms in total. The average molecular weight is 215 g/mol. The van der Waals surface area contributed by atoms with Crippen LogP contribution in [-0.4, -0.2) is 13.2 Å². The highest BCUT2D eigenvalue weighted by Crippen LogP contribution is 2.21. The Balaban J connectivity index is 2.88. The van der Waals surface area contributed by atoms with Crippen LogP contribution in [0, 0.1) is 11.6 Å². The van der Waals surface area contributed by atoms with Gasteiger partial charge in [-0.2, -0.15) is 0 Å². The van der Waals surface area contributed by atoms with Crippen LogP contribution in [0.25, 0.3) is 0 Å². The van der Waals surface area contributed by atoms with Crippen LogP contribution in [0.2, 0.25) is 0 Å². The van der Waals surface area contributed by atoms with Gasteiger partial charge in [-0.25, -0.2) is 8.78 Å². The molecule has 1 aromatic carbocycles. The average Bonchev–Trinajstić information content (AvgIpc) is 2.15. The Morgan fingerprint density at radius 3 is 2.27 bits per heavy atom. The molecule has 0 heterocycles. The molecule has 0 bridgehead atoms. The highest BCUT2D eigenvalue weighted by atomic mass is 19.1. The molecule has 4 heteroatoms. The first-order valence-electron chi connectivity index (χ1n) is 4.82. The Bertz CT molecular complexity index is 316. The second kappa shape index (κ2) is 5.07. The number of methoxy groups -OCH3 is 1. The van der Waals surface area contributed by atoms with Crippen molar-refractivity contribution in [2.45, 2.75) is 25.8 Å². The first kappa shape index (κ1) is 11.9. The molecule has 1 atom stereocenters. The van der Waals surface area contributed by atoms with Gasteiger partial charge in [0, 0.05) is 23.7 Å². The lowest BCUT2D eigenvalue weighted by molar-refractivity contribution is 0.404. The van der Waals surface area contributed by atoms with Crippen molar-refractivity contribution < 1.29 is 13.5 Å². The van der Waals surface area contributed by atoms with Gasteiger partial charge >= 0.3 is 0 Å². The van der Waals surface area contributed by atoms with Gasteiger partial charge in [0.05, 0.1) is 7.11 Å². The molecule has 0 saturated heterocycles. The predicted octanol–water partition coefficient (Wildman–Crippen LogP) is 2.25. The number of rotatable bonds is 4. The Labute approximate surface area is 88.0 Å². The minimum absolute atomic E-state index is 0.0640. The third kappa shape index (κ3) is 3.16. The van der Waals surface area contributed by atoms with Gasteiger partial charge in [-0.1, -0.05) is 0 Å². The second-order valence-corrected chi connectivity index (χ2v) is 3.59. The highest BCUT2D eigenvalue weighted by Gasteiger charge is 2.11. The van der Waals surface area contributed by atoms with E-state index in [1.54, 1.807) is 6.92 Å². The van der Waals surface area contributed by atoms with Gasteiger partial charge in [-0.15, -0.1) is 0 Å². The van der Waals surface area contributed by atoms with Gasteiger partial charge in [-0.05, 0) is 19.8 Å². The van der Waals surface area contributed by atoms with Crippen molar-refractivity contribution in [1.29, 1.82) is 0 Å². The van der Waals surface area contributed by atoms with Crippen LogP contribution < -0.4 is 10.5 Å². The summed E-state index contributed by atoms with van der Waals surface area (Å²) in [4.78, 5) is 0. The largest absolute Gasteiger partial charge is 0.497 e. The van der Waals surface area contributed by atoms with E-state index in [4.69, 9.17) is 10.5 Å². The van der Waals surface area contributed by atoms with Crippen molar-refractivity contribution in [2.75, 3.05) is 7.11 Å². The normalized spacial score (nSPS) is 12.6. The zero-order valence-corrected chi connectivity index (χ0v) is 8.89. The zero-order chi connectivity index (χ0) is 11.4. The lowest BCUT2D eigenvalue weighted by Crippen LogP contribution is -2.16. The van der Waals surface area contributed by atoms with E-state index in [0.29, 0.717) is 12.8 Å². The van der Waals surface area contributed by atoms with Crippen molar-refractivity contribution in [2.24, 2.45) is 5.73 Å². The van der Waals surface area contributed by atoms with Gasteiger partial charge in [0.15, 0.2) is 0 Å². The molecule has 1 rings (SSSR count). The summed E-state index contributed by atoms with van der Waals surface area (Å²) >= 11 is 0. The summed E-state index contributed by atoms with van der Waals surface area (Å²) < 4.78 is 31.5. The molecule has 0 aliphatic heterocycles. The van der Waals surface area contributed by atoms with Crippen LogP contribution >= 0.6 is 0 Å². The molecule has 0 radical (unpaired) electrons. The predicted molar refractivity (Wildman–Crippen MR) is 54.9 cm³/mol. The molecule has 0 saturated carbocycles. The monoisotopic (exact) mass is 215 g/mol. The minimum Gasteiger partial charge on any atom is -0.497 e. The zero-order valence-electron chi connectivity index (χ0n) is 8.89. The number of nitrogens with two attached hydrogens (primary N) is 1. The summed E-state index contributed by atoms with van der Waals surface area (Å²) in [5, 5.41) is 0. The maximum Gasteiger partial charge on any atom is 0.133 e. The van der Waals surface area contributed by atoms with Crippen molar-refractivity contribution in [1.82, 2.24) is 0 Å². The van der Waals surface area contributed by atoms with Crippen molar-refractivity contribution >= 4 is 0 Å². The Kier molecular flexibility index (Phi) is 4.03. The molecule has 0 fully saturated rings. The molecule has 0 amide bonds. The number of hydrogen-bond acceptors (Lipinski definition) is 2. The minimum atomic E-state index is -0.576. The van der Waals surface area contributed by atoms with Crippen LogP contribution in [0.5, 0.6) is 5.75 Å². The SMILES string of the molecule is COc1cc(F)c(CC[C@@H](C)N)c(F)c1. The van der Waals surface area contributed by atoms with Gasteiger partial charge in [0.1, 0.15) is 17.4 Å². The van der Waals surface area contributed by atoms with Gasteiger partial charge < -0.3 is 10.5 Å². The molecule has 0 aromatic heterocycles. The van der Waals surface area contributed by atoms with E-state index in [1.165, 1.54) is 19.2 Å². The van der Waals surface area contributed by atoms with Crippen LogP contribution in [-0.2, 0) is 6.42 Å². The third-order valence-electron chi connectivity index (χ3n) is 2.20. The molecule has 0 aliphatic rings. The van der Waals surface area contributed by atoms with E-state index in [9.17, 15) is 8.78 Å². The van der Waals surface area contributed by atoms with Gasteiger partial charge in [-0.3, -0.25) is 0 Å². The van der Waals surface area contributed by atoms with E-state index in [2.05, 4.69) is 0 Å². The number of benzene rings is 1. The molecular formula is C11H15F2NO. The Hall–Kier alpha value is -1.16. The standard InChI is InChI=1S/C11H15F2NO/c1-7(14)3-4-9-10(12)5-8(15-2)6-11(9)13/h5-7H,3-4,14H2,1-2H3/t7-/m1/s1. The summed E-state index contributed by atoms with van der Waals surface area (Å²) in [6.45, 7) is 1.80. The van der Waals surface area contributed by atoms with E-state index in [1.807, 2.05) is 0 Å². The summed E-state index contributed by atoms with van der Waals surface area (Å²) in [5.74, 6) is -0.963.